The molecule has 0 radical (unpaired) electrons. The first kappa shape index (κ1) is 9.40. The zero-order valence-electron chi connectivity index (χ0n) is 8.10. The van der Waals surface area contributed by atoms with E-state index < -0.39 is 11.2 Å². The second-order valence-corrected chi connectivity index (χ2v) is 3.19. The molecule has 0 aromatic carbocycles. The lowest BCUT2D eigenvalue weighted by atomic mass is 10.2. The predicted molar refractivity (Wildman–Crippen MR) is 54.4 cm³/mol. The van der Waals surface area contributed by atoms with Crippen LogP contribution in [0.25, 0.3) is 4.85 Å². The normalized spacial score (nSPS) is 12.5. The first-order chi connectivity index (χ1) is 7.16. The van der Waals surface area contributed by atoms with Crippen molar-refractivity contribution in [3.05, 3.63) is 37.8 Å². The summed E-state index contributed by atoms with van der Waals surface area (Å²) in [6.07, 6.45) is 2.02. The first-order valence-corrected chi connectivity index (χ1v) is 4.35. The third-order valence-corrected chi connectivity index (χ3v) is 2.33. The van der Waals surface area contributed by atoms with Crippen LogP contribution >= 0.6 is 0 Å². The van der Waals surface area contributed by atoms with E-state index in [1.807, 2.05) is 0 Å². The molecule has 15 heavy (non-hydrogen) atoms. The molecule has 1 aromatic heterocycles. The third-order valence-electron chi connectivity index (χ3n) is 2.33. The molecule has 0 bridgehead atoms. The van der Waals surface area contributed by atoms with Crippen molar-refractivity contribution in [1.82, 2.24) is 9.13 Å². The Morgan fingerprint density at radius 1 is 1.60 bits per heavy atom. The van der Waals surface area contributed by atoms with Crippen molar-refractivity contribution in [3.8, 4) is 0 Å². The molecule has 76 valence electrons. The van der Waals surface area contributed by atoms with Gasteiger partial charge in [0.25, 0.3) is 12.2 Å². The number of nitrogens with zero attached hydrogens (tertiary/aromatic N) is 4. The highest BCUT2D eigenvalue weighted by Crippen LogP contribution is 2.17. The van der Waals surface area contributed by atoms with Gasteiger partial charge in [0.2, 0.25) is 0 Å². The van der Waals surface area contributed by atoms with E-state index in [0.717, 1.165) is 4.57 Å². The second-order valence-electron chi connectivity index (χ2n) is 3.19. The van der Waals surface area contributed by atoms with Gasteiger partial charge in [-0.15, -0.1) is 0 Å². The maximum atomic E-state index is 11.8. The molecule has 0 atom stereocenters. The van der Waals surface area contributed by atoms with Crippen molar-refractivity contribution >= 4 is 12.0 Å². The Hall–Kier alpha value is -2.16. The van der Waals surface area contributed by atoms with Crippen LogP contribution in [0.2, 0.25) is 0 Å². The van der Waals surface area contributed by atoms with Crippen LogP contribution in [-0.4, -0.2) is 15.3 Å². The highest BCUT2D eigenvalue weighted by molar-refractivity contribution is 5.73. The molecule has 1 aliphatic rings. The van der Waals surface area contributed by atoms with E-state index in [1.54, 1.807) is 13.3 Å². The molecule has 1 aromatic rings. The molecule has 0 saturated heterocycles. The van der Waals surface area contributed by atoms with Gasteiger partial charge in [-0.1, -0.05) is 0 Å². The van der Waals surface area contributed by atoms with Gasteiger partial charge >= 0.3 is 5.69 Å². The molecule has 2 rings (SSSR count). The van der Waals surface area contributed by atoms with Gasteiger partial charge in [0.15, 0.2) is 0 Å². The molecule has 6 heteroatoms. The summed E-state index contributed by atoms with van der Waals surface area (Å²) < 4.78 is 2.23. The summed E-state index contributed by atoms with van der Waals surface area (Å²) in [4.78, 5) is 30.4. The number of aromatic nitrogens is 2. The fourth-order valence-corrected chi connectivity index (χ4v) is 1.58. The van der Waals surface area contributed by atoms with Gasteiger partial charge in [-0.2, -0.15) is 4.57 Å². The van der Waals surface area contributed by atoms with Crippen molar-refractivity contribution in [2.45, 2.75) is 13.1 Å². The van der Waals surface area contributed by atoms with Gasteiger partial charge in [0, 0.05) is 19.7 Å². The highest BCUT2D eigenvalue weighted by Gasteiger charge is 2.19. The molecular weight excluding hydrogens is 196 g/mol. The maximum absolute atomic E-state index is 11.8. The number of hydrogen-bond acceptors (Lipinski definition) is 3. The van der Waals surface area contributed by atoms with Crippen molar-refractivity contribution < 1.29 is 0 Å². The van der Waals surface area contributed by atoms with Crippen molar-refractivity contribution in [3.63, 3.8) is 0 Å². The predicted octanol–water partition coefficient (Wildman–Crippen LogP) is -0.318. The Labute approximate surface area is 84.9 Å². The van der Waals surface area contributed by atoms with Crippen molar-refractivity contribution in [2.24, 2.45) is 12.0 Å². The summed E-state index contributed by atoms with van der Waals surface area (Å²) in [5, 5.41) is 0. The zero-order chi connectivity index (χ0) is 11.0. The van der Waals surface area contributed by atoms with Crippen LogP contribution in [0.15, 0.2) is 14.6 Å². The van der Waals surface area contributed by atoms with Crippen LogP contribution in [0.3, 0.4) is 0 Å². The quantitative estimate of drug-likeness (QED) is 0.589. The van der Waals surface area contributed by atoms with Crippen LogP contribution < -0.4 is 11.2 Å². The van der Waals surface area contributed by atoms with E-state index in [2.05, 4.69) is 9.84 Å². The van der Waals surface area contributed by atoms with Gasteiger partial charge in [0.05, 0.1) is 5.56 Å². The summed E-state index contributed by atoms with van der Waals surface area (Å²) in [6.45, 7) is 6.45. The minimum absolute atomic E-state index is 0.237. The average Bonchev–Trinajstić information content (AvgIpc) is 2.70. The molecule has 0 unspecified atom stereocenters. The first-order valence-electron chi connectivity index (χ1n) is 4.35. The lowest BCUT2D eigenvalue weighted by Crippen LogP contribution is -2.39. The SMILES string of the molecule is [C-]#[N+]Cn1c(=O)c2c(n(C)c1=O)N=CC2. The van der Waals surface area contributed by atoms with E-state index in [0.29, 0.717) is 17.8 Å². The second kappa shape index (κ2) is 3.20. The highest BCUT2D eigenvalue weighted by atomic mass is 16.2. The van der Waals surface area contributed by atoms with Crippen LogP contribution in [0, 0.1) is 6.57 Å². The summed E-state index contributed by atoms with van der Waals surface area (Å²) in [6, 6.07) is 0. The van der Waals surface area contributed by atoms with Gasteiger partial charge < -0.3 is 0 Å². The number of rotatable bonds is 1. The summed E-state index contributed by atoms with van der Waals surface area (Å²) in [5.41, 5.74) is -0.406. The monoisotopic (exact) mass is 204 g/mol. The van der Waals surface area contributed by atoms with E-state index in [9.17, 15) is 9.59 Å². The van der Waals surface area contributed by atoms with E-state index >= 15 is 0 Å². The molecule has 1 aliphatic heterocycles. The zero-order valence-corrected chi connectivity index (χ0v) is 8.10. The van der Waals surface area contributed by atoms with Gasteiger partial charge in [-0.25, -0.2) is 16.4 Å². The topological polar surface area (TPSA) is 60.7 Å². The standard InChI is InChI=1S/C9H8N4O2/c1-10-5-13-8(14)6-3-4-11-7(6)12(2)9(13)15/h4H,3,5H2,2H3. The lowest BCUT2D eigenvalue weighted by Gasteiger charge is -2.06. The molecular formula is C9H8N4O2. The molecule has 0 aliphatic carbocycles. The Morgan fingerprint density at radius 3 is 3.00 bits per heavy atom. The van der Waals surface area contributed by atoms with E-state index in [4.69, 9.17) is 6.57 Å². The minimum Gasteiger partial charge on any atom is -0.292 e. The third kappa shape index (κ3) is 1.21. The molecule has 0 N–H and O–H groups in total. The maximum Gasteiger partial charge on any atom is 0.338 e. The van der Waals surface area contributed by atoms with Gasteiger partial charge in [-0.05, 0) is 0 Å². The molecule has 0 amide bonds. The lowest BCUT2D eigenvalue weighted by molar-refractivity contribution is 0.644. The summed E-state index contributed by atoms with van der Waals surface area (Å²) in [5.74, 6) is 0.409. The number of fused-ring (bicyclic) bond motifs is 1. The number of hydrogen-bond donors (Lipinski definition) is 0. The average molecular weight is 204 g/mol. The fourth-order valence-electron chi connectivity index (χ4n) is 1.58. The number of aliphatic imine (C=N–C) groups is 1. The summed E-state index contributed by atoms with van der Waals surface area (Å²) >= 11 is 0. The molecule has 0 saturated carbocycles. The largest absolute Gasteiger partial charge is 0.338 e. The molecule has 6 nitrogen and oxygen atoms in total. The Bertz CT molecular complexity index is 600. The van der Waals surface area contributed by atoms with Gasteiger partial charge in [-0.3, -0.25) is 14.2 Å². The molecule has 0 spiro atoms. The summed E-state index contributed by atoms with van der Waals surface area (Å²) in [7, 11) is 1.55. The van der Waals surface area contributed by atoms with Crippen LogP contribution in [0.1, 0.15) is 5.56 Å². The molecule has 2 heterocycles. The van der Waals surface area contributed by atoms with Crippen LogP contribution in [0.5, 0.6) is 0 Å². The van der Waals surface area contributed by atoms with Crippen LogP contribution in [-0.2, 0) is 20.1 Å². The Kier molecular flexibility index (Phi) is 2.01. The van der Waals surface area contributed by atoms with E-state index in [-0.39, 0.29) is 6.67 Å². The van der Waals surface area contributed by atoms with Gasteiger partial charge in [0.1, 0.15) is 5.82 Å². The van der Waals surface area contributed by atoms with Crippen molar-refractivity contribution in [2.75, 3.05) is 0 Å². The van der Waals surface area contributed by atoms with Crippen molar-refractivity contribution in [1.29, 1.82) is 0 Å². The fraction of sp³-hybridized carbons (Fsp3) is 0.333. The molecule has 0 fully saturated rings. The van der Waals surface area contributed by atoms with Crippen LogP contribution in [0.4, 0.5) is 5.82 Å². The Balaban J connectivity index is 2.84. The van der Waals surface area contributed by atoms with E-state index in [1.165, 1.54) is 4.57 Å². The minimum atomic E-state index is -0.492. The Morgan fingerprint density at radius 2 is 2.33 bits per heavy atom. The smallest absolute Gasteiger partial charge is 0.292 e.